The molecule has 0 bridgehead atoms. The maximum atomic E-state index is 5.06. The van der Waals surface area contributed by atoms with Gasteiger partial charge in [0.15, 0.2) is 5.82 Å². The van der Waals surface area contributed by atoms with Gasteiger partial charge in [0.25, 0.3) is 0 Å². The second-order valence-corrected chi connectivity index (χ2v) is 13.5. The molecular formula is C47H34N2. The van der Waals surface area contributed by atoms with Crippen molar-refractivity contribution in [2.24, 2.45) is 0 Å². The molecule has 1 aliphatic carbocycles. The van der Waals surface area contributed by atoms with Crippen molar-refractivity contribution in [2.45, 2.75) is 19.3 Å². The molecular weight excluding hydrogens is 593 g/mol. The van der Waals surface area contributed by atoms with Gasteiger partial charge in [-0.1, -0.05) is 159 Å². The molecule has 0 fully saturated rings. The Labute approximate surface area is 287 Å². The van der Waals surface area contributed by atoms with E-state index in [0.29, 0.717) is 0 Å². The molecule has 49 heavy (non-hydrogen) atoms. The Morgan fingerprint density at radius 1 is 0.367 bits per heavy atom. The highest BCUT2D eigenvalue weighted by Crippen LogP contribution is 2.53. The van der Waals surface area contributed by atoms with Gasteiger partial charge in [-0.3, -0.25) is 0 Å². The van der Waals surface area contributed by atoms with Crippen LogP contribution in [0.5, 0.6) is 0 Å². The first kappa shape index (κ1) is 29.1. The van der Waals surface area contributed by atoms with Gasteiger partial charge in [0.2, 0.25) is 0 Å². The van der Waals surface area contributed by atoms with E-state index in [1.54, 1.807) is 0 Å². The van der Waals surface area contributed by atoms with E-state index in [1.807, 2.05) is 24.3 Å². The average Bonchev–Trinajstić information content (AvgIpc) is 3.39. The molecule has 1 heterocycles. The van der Waals surface area contributed by atoms with E-state index < -0.39 is 0 Å². The van der Waals surface area contributed by atoms with Gasteiger partial charge >= 0.3 is 0 Å². The first-order chi connectivity index (χ1) is 24.0. The standard InChI is InChI=1S/C47H34N2/c1-47(2)41-22-12-21-39(45(41)40-28-36-17-9-10-18-37(36)29-42(40)47)32-25-23-31(24-26-32)35-19-11-20-38(27-35)44-30-43(33-13-5-3-6-14-33)48-46(49-44)34-15-7-4-8-16-34/h3-30H,1-2H3. The summed E-state index contributed by atoms with van der Waals surface area (Å²) in [5, 5.41) is 2.58. The van der Waals surface area contributed by atoms with Crippen molar-refractivity contribution in [2.75, 3.05) is 0 Å². The summed E-state index contributed by atoms with van der Waals surface area (Å²) in [6, 6.07) is 60.7. The predicted octanol–water partition coefficient (Wildman–Crippen LogP) is 12.3. The molecule has 0 N–H and O–H groups in total. The quantitative estimate of drug-likeness (QED) is 0.190. The predicted molar refractivity (Wildman–Crippen MR) is 204 cm³/mol. The van der Waals surface area contributed by atoms with Crippen LogP contribution in [0.3, 0.4) is 0 Å². The van der Waals surface area contributed by atoms with Crippen molar-refractivity contribution in [1.82, 2.24) is 9.97 Å². The summed E-state index contributed by atoms with van der Waals surface area (Å²) in [7, 11) is 0. The highest BCUT2D eigenvalue weighted by molar-refractivity contribution is 5.98. The van der Waals surface area contributed by atoms with E-state index in [9.17, 15) is 0 Å². The lowest BCUT2D eigenvalue weighted by Gasteiger charge is -2.22. The first-order valence-electron chi connectivity index (χ1n) is 16.9. The van der Waals surface area contributed by atoms with Crippen molar-refractivity contribution in [3.8, 4) is 67.3 Å². The minimum Gasteiger partial charge on any atom is -0.228 e. The Morgan fingerprint density at radius 3 is 1.67 bits per heavy atom. The molecule has 0 amide bonds. The molecule has 2 heteroatoms. The fraction of sp³-hybridized carbons (Fsp3) is 0.0638. The average molecular weight is 627 g/mol. The number of fused-ring (bicyclic) bond motifs is 4. The minimum atomic E-state index is -0.0627. The van der Waals surface area contributed by atoms with Gasteiger partial charge in [-0.2, -0.15) is 0 Å². The molecule has 8 aromatic rings. The van der Waals surface area contributed by atoms with Gasteiger partial charge in [-0.05, 0) is 79.5 Å². The lowest BCUT2D eigenvalue weighted by atomic mass is 9.81. The summed E-state index contributed by atoms with van der Waals surface area (Å²) in [5.41, 5.74) is 15.2. The second-order valence-electron chi connectivity index (χ2n) is 13.5. The Balaban J connectivity index is 1.10. The van der Waals surface area contributed by atoms with Crippen LogP contribution in [0.15, 0.2) is 170 Å². The molecule has 2 nitrogen and oxygen atoms in total. The third-order valence-corrected chi connectivity index (χ3v) is 10.1. The number of benzene rings is 7. The largest absolute Gasteiger partial charge is 0.228 e. The zero-order valence-corrected chi connectivity index (χ0v) is 27.6. The van der Waals surface area contributed by atoms with Crippen molar-refractivity contribution in [3.05, 3.63) is 181 Å². The summed E-state index contributed by atoms with van der Waals surface area (Å²) in [5.74, 6) is 0.722. The van der Waals surface area contributed by atoms with Crippen molar-refractivity contribution >= 4 is 10.8 Å². The first-order valence-corrected chi connectivity index (χ1v) is 16.9. The summed E-state index contributed by atoms with van der Waals surface area (Å²) >= 11 is 0. The van der Waals surface area contributed by atoms with Crippen LogP contribution in [-0.4, -0.2) is 9.97 Å². The van der Waals surface area contributed by atoms with E-state index in [2.05, 4.69) is 159 Å². The van der Waals surface area contributed by atoms with Gasteiger partial charge in [0.1, 0.15) is 0 Å². The normalized spacial score (nSPS) is 12.9. The maximum absolute atomic E-state index is 5.06. The Hall–Kier alpha value is -6.12. The Kier molecular flexibility index (Phi) is 6.84. The van der Waals surface area contributed by atoms with Crippen LogP contribution in [0.1, 0.15) is 25.0 Å². The van der Waals surface area contributed by atoms with Crippen LogP contribution in [0.25, 0.3) is 78.1 Å². The SMILES string of the molecule is CC1(C)c2cc3ccccc3cc2-c2c(-c3ccc(-c4cccc(-c5cc(-c6ccccc6)nc(-c6ccccc6)n5)c4)cc3)cccc21. The molecule has 0 radical (unpaired) electrons. The zero-order valence-electron chi connectivity index (χ0n) is 27.6. The summed E-state index contributed by atoms with van der Waals surface area (Å²) in [6.45, 7) is 4.71. The van der Waals surface area contributed by atoms with Crippen molar-refractivity contribution in [1.29, 1.82) is 0 Å². The van der Waals surface area contributed by atoms with Crippen LogP contribution in [0.4, 0.5) is 0 Å². The summed E-state index contributed by atoms with van der Waals surface area (Å²) in [6.07, 6.45) is 0. The van der Waals surface area contributed by atoms with Crippen LogP contribution in [0.2, 0.25) is 0 Å². The number of rotatable bonds is 5. The lowest BCUT2D eigenvalue weighted by molar-refractivity contribution is 0.661. The van der Waals surface area contributed by atoms with E-state index in [1.165, 1.54) is 49.7 Å². The molecule has 0 unspecified atom stereocenters. The number of aromatic nitrogens is 2. The smallest absolute Gasteiger partial charge is 0.160 e. The third-order valence-electron chi connectivity index (χ3n) is 10.1. The third kappa shape index (κ3) is 5.05. The van der Waals surface area contributed by atoms with Crippen molar-refractivity contribution < 1.29 is 0 Å². The number of nitrogens with zero attached hydrogens (tertiary/aromatic N) is 2. The summed E-state index contributed by atoms with van der Waals surface area (Å²) in [4.78, 5) is 10.0. The molecule has 1 aliphatic rings. The molecule has 232 valence electrons. The molecule has 0 spiro atoms. The minimum absolute atomic E-state index is 0.0627. The van der Waals surface area contributed by atoms with E-state index in [-0.39, 0.29) is 5.41 Å². The monoisotopic (exact) mass is 626 g/mol. The van der Waals surface area contributed by atoms with Gasteiger partial charge in [0.05, 0.1) is 11.4 Å². The lowest BCUT2D eigenvalue weighted by Crippen LogP contribution is -2.14. The van der Waals surface area contributed by atoms with E-state index in [4.69, 9.17) is 9.97 Å². The topological polar surface area (TPSA) is 25.8 Å². The Morgan fingerprint density at radius 2 is 0.939 bits per heavy atom. The molecule has 9 rings (SSSR count). The molecule has 0 saturated heterocycles. The zero-order chi connectivity index (χ0) is 33.0. The van der Waals surface area contributed by atoms with Gasteiger partial charge in [-0.15, -0.1) is 0 Å². The number of hydrogen-bond acceptors (Lipinski definition) is 2. The number of hydrogen-bond donors (Lipinski definition) is 0. The highest BCUT2D eigenvalue weighted by Gasteiger charge is 2.37. The second kappa shape index (κ2) is 11.5. The fourth-order valence-electron chi connectivity index (χ4n) is 7.48. The van der Waals surface area contributed by atoms with Crippen LogP contribution in [0, 0.1) is 0 Å². The fourth-order valence-corrected chi connectivity index (χ4v) is 7.48. The van der Waals surface area contributed by atoms with Gasteiger partial charge in [-0.25, -0.2) is 9.97 Å². The molecule has 1 aromatic heterocycles. The van der Waals surface area contributed by atoms with E-state index in [0.717, 1.165) is 39.5 Å². The van der Waals surface area contributed by atoms with Crippen LogP contribution >= 0.6 is 0 Å². The maximum Gasteiger partial charge on any atom is 0.160 e. The molecule has 0 atom stereocenters. The highest BCUT2D eigenvalue weighted by atomic mass is 14.9. The summed E-state index contributed by atoms with van der Waals surface area (Å²) < 4.78 is 0. The molecule has 0 saturated carbocycles. The van der Waals surface area contributed by atoms with E-state index >= 15 is 0 Å². The van der Waals surface area contributed by atoms with Crippen LogP contribution in [-0.2, 0) is 5.41 Å². The van der Waals surface area contributed by atoms with Crippen molar-refractivity contribution in [3.63, 3.8) is 0 Å². The van der Waals surface area contributed by atoms with Gasteiger partial charge in [0, 0.05) is 22.1 Å². The molecule has 0 aliphatic heterocycles. The van der Waals surface area contributed by atoms with Crippen LogP contribution < -0.4 is 0 Å². The van der Waals surface area contributed by atoms with Gasteiger partial charge < -0.3 is 0 Å². The Bertz CT molecular complexity index is 2440. The molecule has 7 aromatic carbocycles.